The smallest absolute Gasteiger partial charge is 0.320 e. The molecular formula is C15H22N2O3. The van der Waals surface area contributed by atoms with E-state index in [2.05, 4.69) is 17.9 Å². The number of benzene rings is 1. The minimum absolute atomic E-state index is 0.366. The summed E-state index contributed by atoms with van der Waals surface area (Å²) in [6.45, 7) is 7.41. The normalized spacial score (nSPS) is 17.1. The second-order valence-corrected chi connectivity index (χ2v) is 5.24. The maximum Gasteiger partial charge on any atom is 0.320 e. The lowest BCUT2D eigenvalue weighted by Gasteiger charge is -2.31. The molecule has 0 amide bonds. The van der Waals surface area contributed by atoms with Crippen LogP contribution in [0.5, 0.6) is 0 Å². The van der Waals surface area contributed by atoms with Crippen LogP contribution < -0.4 is 10.6 Å². The van der Waals surface area contributed by atoms with Crippen molar-refractivity contribution in [3.63, 3.8) is 0 Å². The maximum absolute atomic E-state index is 10.9. The van der Waals surface area contributed by atoms with Gasteiger partial charge in [-0.25, -0.2) is 0 Å². The van der Waals surface area contributed by atoms with Crippen molar-refractivity contribution in [2.24, 2.45) is 5.73 Å². The number of carboxylic acids is 1. The number of aliphatic carboxylic acids is 1. The summed E-state index contributed by atoms with van der Waals surface area (Å²) in [6.07, 6.45) is 0.366. The molecule has 1 heterocycles. The molecule has 0 aromatic heterocycles. The number of hydrogen-bond donors (Lipinski definition) is 2. The quantitative estimate of drug-likeness (QED) is 0.862. The number of carbonyl (C=O) groups is 1. The van der Waals surface area contributed by atoms with Crippen LogP contribution in [0, 0.1) is 13.8 Å². The molecule has 110 valence electrons. The fourth-order valence-corrected chi connectivity index (χ4v) is 2.55. The molecule has 1 aromatic rings. The van der Waals surface area contributed by atoms with Gasteiger partial charge in [0.2, 0.25) is 0 Å². The van der Waals surface area contributed by atoms with Crippen LogP contribution in [0.2, 0.25) is 0 Å². The van der Waals surface area contributed by atoms with Gasteiger partial charge in [-0.3, -0.25) is 4.79 Å². The Hall–Kier alpha value is -1.59. The molecule has 3 N–H and O–H groups in total. The van der Waals surface area contributed by atoms with Gasteiger partial charge in [-0.1, -0.05) is 6.07 Å². The van der Waals surface area contributed by atoms with Crippen molar-refractivity contribution in [3.8, 4) is 0 Å². The van der Waals surface area contributed by atoms with Gasteiger partial charge in [-0.05, 0) is 43.0 Å². The van der Waals surface area contributed by atoms with Crippen LogP contribution in [0.1, 0.15) is 16.7 Å². The Labute approximate surface area is 119 Å². The lowest BCUT2D eigenvalue weighted by Crippen LogP contribution is -2.37. The van der Waals surface area contributed by atoms with Crippen molar-refractivity contribution in [2.75, 3.05) is 31.2 Å². The lowest BCUT2D eigenvalue weighted by molar-refractivity contribution is -0.138. The third kappa shape index (κ3) is 3.11. The molecule has 1 unspecified atom stereocenters. The van der Waals surface area contributed by atoms with Gasteiger partial charge in [0, 0.05) is 18.8 Å². The van der Waals surface area contributed by atoms with E-state index in [4.69, 9.17) is 15.6 Å². The van der Waals surface area contributed by atoms with Gasteiger partial charge in [-0.2, -0.15) is 0 Å². The van der Waals surface area contributed by atoms with E-state index in [1.165, 1.54) is 11.3 Å². The van der Waals surface area contributed by atoms with Crippen molar-refractivity contribution in [1.82, 2.24) is 0 Å². The second kappa shape index (κ2) is 6.24. The summed E-state index contributed by atoms with van der Waals surface area (Å²) >= 11 is 0. The number of rotatable bonds is 4. The van der Waals surface area contributed by atoms with Gasteiger partial charge in [0.05, 0.1) is 13.2 Å². The number of carboxylic acid groups (broad SMARTS) is 1. The number of ether oxygens (including phenoxy) is 1. The first kappa shape index (κ1) is 14.8. The van der Waals surface area contributed by atoms with E-state index >= 15 is 0 Å². The fraction of sp³-hybridized carbons (Fsp3) is 0.533. The highest BCUT2D eigenvalue weighted by Gasteiger charge is 2.18. The first-order chi connectivity index (χ1) is 9.50. The average molecular weight is 278 g/mol. The molecule has 1 saturated heterocycles. The molecule has 1 aromatic carbocycles. The molecule has 0 bridgehead atoms. The third-order valence-corrected chi connectivity index (χ3v) is 3.98. The topological polar surface area (TPSA) is 75.8 Å². The summed E-state index contributed by atoms with van der Waals surface area (Å²) in [5.41, 5.74) is 10.2. The number of nitrogens with two attached hydrogens (primary N) is 1. The summed E-state index contributed by atoms with van der Waals surface area (Å²) in [5.74, 6) is -0.959. The van der Waals surface area contributed by atoms with Gasteiger partial charge in [0.25, 0.3) is 0 Å². The molecule has 1 aliphatic rings. The van der Waals surface area contributed by atoms with Crippen LogP contribution in [-0.2, 0) is 16.0 Å². The second-order valence-electron chi connectivity index (χ2n) is 5.24. The molecule has 0 saturated carbocycles. The molecule has 1 aliphatic heterocycles. The Kier molecular flexibility index (Phi) is 4.62. The molecule has 1 atom stereocenters. The zero-order valence-electron chi connectivity index (χ0n) is 12.1. The van der Waals surface area contributed by atoms with Crippen molar-refractivity contribution in [3.05, 3.63) is 28.8 Å². The average Bonchev–Trinajstić information content (AvgIpc) is 2.45. The summed E-state index contributed by atoms with van der Waals surface area (Å²) in [4.78, 5) is 13.2. The largest absolute Gasteiger partial charge is 0.480 e. The van der Waals surface area contributed by atoms with Gasteiger partial charge < -0.3 is 20.5 Å². The van der Waals surface area contributed by atoms with Crippen LogP contribution >= 0.6 is 0 Å². The van der Waals surface area contributed by atoms with Crippen molar-refractivity contribution in [2.45, 2.75) is 26.3 Å². The first-order valence-corrected chi connectivity index (χ1v) is 6.91. The van der Waals surface area contributed by atoms with Crippen LogP contribution in [0.25, 0.3) is 0 Å². The number of morpholine rings is 1. The van der Waals surface area contributed by atoms with Crippen molar-refractivity contribution < 1.29 is 14.6 Å². The summed E-state index contributed by atoms with van der Waals surface area (Å²) in [5, 5.41) is 8.91. The number of anilines is 1. The molecule has 0 spiro atoms. The Balaban J connectivity index is 2.22. The summed E-state index contributed by atoms with van der Waals surface area (Å²) < 4.78 is 5.37. The monoisotopic (exact) mass is 278 g/mol. The standard InChI is InChI=1S/C15H22N2O3/c1-10-11(2)14(17-5-7-20-8-6-17)4-3-12(10)9-13(16)15(18)19/h3-4,13H,5-9,16H2,1-2H3,(H,18,19). The Morgan fingerprint density at radius 1 is 1.35 bits per heavy atom. The van der Waals surface area contributed by atoms with E-state index in [9.17, 15) is 4.79 Å². The minimum Gasteiger partial charge on any atom is -0.480 e. The predicted octanol–water partition coefficient (Wildman–Crippen LogP) is 1.09. The molecule has 2 rings (SSSR count). The zero-order chi connectivity index (χ0) is 14.7. The van der Waals surface area contributed by atoms with Gasteiger partial charge in [0.15, 0.2) is 0 Å². The highest BCUT2D eigenvalue weighted by atomic mass is 16.5. The molecule has 1 fully saturated rings. The van der Waals surface area contributed by atoms with E-state index in [1.54, 1.807) is 0 Å². The zero-order valence-corrected chi connectivity index (χ0v) is 12.1. The van der Waals surface area contributed by atoms with Crippen LogP contribution in [0.3, 0.4) is 0 Å². The fourth-order valence-electron chi connectivity index (χ4n) is 2.55. The Bertz CT molecular complexity index is 496. The van der Waals surface area contributed by atoms with E-state index in [0.29, 0.717) is 6.42 Å². The van der Waals surface area contributed by atoms with Crippen molar-refractivity contribution >= 4 is 11.7 Å². The summed E-state index contributed by atoms with van der Waals surface area (Å²) in [7, 11) is 0. The van der Waals surface area contributed by atoms with Crippen molar-refractivity contribution in [1.29, 1.82) is 0 Å². The highest BCUT2D eigenvalue weighted by molar-refractivity contribution is 5.73. The van der Waals surface area contributed by atoms with E-state index in [0.717, 1.165) is 37.4 Å². The first-order valence-electron chi connectivity index (χ1n) is 6.91. The third-order valence-electron chi connectivity index (χ3n) is 3.98. The lowest BCUT2D eigenvalue weighted by atomic mass is 9.96. The molecule has 0 aliphatic carbocycles. The molecule has 0 radical (unpaired) electrons. The van der Waals surface area contributed by atoms with Crippen LogP contribution in [0.4, 0.5) is 5.69 Å². The SMILES string of the molecule is Cc1c(CC(N)C(=O)O)ccc(N2CCOCC2)c1C. The molecule has 5 nitrogen and oxygen atoms in total. The number of hydrogen-bond acceptors (Lipinski definition) is 4. The van der Waals surface area contributed by atoms with Gasteiger partial charge in [-0.15, -0.1) is 0 Å². The summed E-state index contributed by atoms with van der Waals surface area (Å²) in [6, 6.07) is 3.22. The van der Waals surface area contributed by atoms with E-state index in [1.807, 2.05) is 13.0 Å². The van der Waals surface area contributed by atoms with Crippen LogP contribution in [0.15, 0.2) is 12.1 Å². The Morgan fingerprint density at radius 3 is 2.60 bits per heavy atom. The van der Waals surface area contributed by atoms with Gasteiger partial charge >= 0.3 is 5.97 Å². The Morgan fingerprint density at radius 2 is 2.00 bits per heavy atom. The predicted molar refractivity (Wildman–Crippen MR) is 78.3 cm³/mol. The molecule has 20 heavy (non-hydrogen) atoms. The maximum atomic E-state index is 10.9. The van der Waals surface area contributed by atoms with Crippen LogP contribution in [-0.4, -0.2) is 43.4 Å². The highest BCUT2D eigenvalue weighted by Crippen LogP contribution is 2.27. The van der Waals surface area contributed by atoms with E-state index < -0.39 is 12.0 Å². The number of nitrogens with zero attached hydrogens (tertiary/aromatic N) is 1. The molecular weight excluding hydrogens is 256 g/mol. The van der Waals surface area contributed by atoms with E-state index in [-0.39, 0.29) is 0 Å². The molecule has 5 heteroatoms. The minimum atomic E-state index is -0.959. The van der Waals surface area contributed by atoms with Gasteiger partial charge in [0.1, 0.15) is 6.04 Å².